The van der Waals surface area contributed by atoms with Crippen molar-refractivity contribution in [3.63, 3.8) is 0 Å². The Morgan fingerprint density at radius 1 is 1.28 bits per heavy atom. The number of benzene rings is 1. The molecule has 1 aromatic carbocycles. The topological polar surface area (TPSA) is 97.5 Å². The second kappa shape index (κ2) is 13.9. The number of carbonyl (C=O) groups is 1. The number of fused-ring (bicyclic) bond motifs is 1. The number of Topliss-reactive ketones (excluding diaryl/α,β-unsaturated/α-hetero) is 1. The lowest BCUT2D eigenvalue weighted by atomic mass is 9.93. The number of hydrogen-bond donors (Lipinski definition) is 2. The van der Waals surface area contributed by atoms with Crippen LogP contribution in [0.15, 0.2) is 35.4 Å². The average Bonchev–Trinajstić information content (AvgIpc) is 3.24. The van der Waals surface area contributed by atoms with Gasteiger partial charge in [0.2, 0.25) is 0 Å². The molecule has 4 rings (SSSR count). The molecule has 210 valence electrons. The van der Waals surface area contributed by atoms with Gasteiger partial charge >= 0.3 is 0 Å². The quantitative estimate of drug-likeness (QED) is 0.520. The van der Waals surface area contributed by atoms with E-state index in [1.165, 1.54) is 12.5 Å². The Morgan fingerprint density at radius 2 is 2.03 bits per heavy atom. The third kappa shape index (κ3) is 7.17. The van der Waals surface area contributed by atoms with E-state index in [-0.39, 0.29) is 17.3 Å². The van der Waals surface area contributed by atoms with Crippen LogP contribution < -0.4 is 15.8 Å². The van der Waals surface area contributed by atoms with Crippen molar-refractivity contribution >= 4 is 29.0 Å². The molecule has 1 aromatic heterocycles. The molecular weight excluding hydrogens is 512 g/mol. The van der Waals surface area contributed by atoms with Crippen LogP contribution in [0.4, 0.5) is 0 Å². The number of nitrogens with one attached hydrogen (secondary N) is 1. The minimum Gasteiger partial charge on any atom is -0.495 e. The first kappa shape index (κ1) is 30.6. The van der Waals surface area contributed by atoms with E-state index in [1.807, 2.05) is 37.1 Å². The van der Waals surface area contributed by atoms with Crippen LogP contribution in [0.25, 0.3) is 5.70 Å². The molecule has 1 fully saturated rings. The molecule has 0 bridgehead atoms. The lowest BCUT2D eigenvalue weighted by Gasteiger charge is -2.29. The Labute approximate surface area is 237 Å². The summed E-state index contributed by atoms with van der Waals surface area (Å²) < 4.78 is 5.01. The first-order chi connectivity index (χ1) is 18.6. The molecule has 7 nitrogen and oxygen atoms in total. The van der Waals surface area contributed by atoms with Crippen molar-refractivity contribution in [2.45, 2.75) is 65.8 Å². The molecule has 1 aliphatic heterocycles. The van der Waals surface area contributed by atoms with Gasteiger partial charge in [0, 0.05) is 42.6 Å². The van der Waals surface area contributed by atoms with Gasteiger partial charge in [0.1, 0.15) is 11.7 Å². The number of halogens is 1. The van der Waals surface area contributed by atoms with Crippen molar-refractivity contribution in [3.05, 3.63) is 68.5 Å². The number of carbonyl (C=O) groups excluding carboxylic acids is 2. The fraction of sp³-hybridized carbons (Fsp3) is 0.484. The van der Waals surface area contributed by atoms with Crippen molar-refractivity contribution in [3.8, 4) is 5.75 Å². The van der Waals surface area contributed by atoms with Crippen molar-refractivity contribution in [1.82, 2.24) is 15.2 Å². The number of ketones is 1. The molecule has 1 saturated heterocycles. The molecule has 0 spiro atoms. The largest absolute Gasteiger partial charge is 0.495 e. The number of hydrogen-bond acceptors (Lipinski definition) is 7. The van der Waals surface area contributed by atoms with Gasteiger partial charge in [0.15, 0.2) is 5.78 Å². The first-order valence-electron chi connectivity index (χ1n) is 13.7. The maximum atomic E-state index is 12.7. The van der Waals surface area contributed by atoms with Crippen molar-refractivity contribution in [2.24, 2.45) is 5.73 Å². The van der Waals surface area contributed by atoms with Crippen LogP contribution in [0.3, 0.4) is 0 Å². The van der Waals surface area contributed by atoms with Crippen LogP contribution in [-0.4, -0.2) is 60.9 Å². The SMILES string of the molecule is CC(=O)C1=C(N2CCCNCC2)c2cc(C)nc(C(C)C)c2CC(N)C1=C=O.CCc1ccc(OC)c(Cl)c1. The molecule has 1 atom stereocenters. The van der Waals surface area contributed by atoms with Gasteiger partial charge in [-0.2, -0.15) is 0 Å². The Hall–Kier alpha value is -2.96. The van der Waals surface area contributed by atoms with Gasteiger partial charge in [-0.3, -0.25) is 9.78 Å². The van der Waals surface area contributed by atoms with E-state index in [9.17, 15) is 9.59 Å². The number of aryl methyl sites for hydroxylation is 2. The standard InChI is InChI=1S/C22H30N4O2.C9H11ClO/c1-13(2)21-16-11-19(23)18(12-27)20(15(4)28)22(17(16)10-14(3)25-21)26-8-5-6-24-7-9-26;1-3-7-4-5-9(11-2)8(10)6-7/h10,13,19,24H,5-9,11,23H2,1-4H3;4-6H,3H2,1-2H3. The summed E-state index contributed by atoms with van der Waals surface area (Å²) >= 11 is 5.88. The van der Waals surface area contributed by atoms with Gasteiger partial charge in [0.25, 0.3) is 0 Å². The number of nitrogens with zero attached hydrogens (tertiary/aromatic N) is 2. The average molecular weight is 553 g/mol. The molecule has 1 aliphatic carbocycles. The third-order valence-corrected chi connectivity index (χ3v) is 7.43. The fourth-order valence-electron chi connectivity index (χ4n) is 5.21. The van der Waals surface area contributed by atoms with Crippen LogP contribution in [0.1, 0.15) is 68.1 Å². The summed E-state index contributed by atoms with van der Waals surface area (Å²) in [6.07, 6.45) is 2.45. The summed E-state index contributed by atoms with van der Waals surface area (Å²) in [5.41, 5.74) is 13.1. The van der Waals surface area contributed by atoms with E-state index < -0.39 is 6.04 Å². The zero-order valence-corrected chi connectivity index (χ0v) is 24.7. The zero-order chi connectivity index (χ0) is 28.7. The monoisotopic (exact) mass is 552 g/mol. The van der Waals surface area contributed by atoms with E-state index in [2.05, 4.69) is 31.0 Å². The highest BCUT2D eigenvalue weighted by Crippen LogP contribution is 2.38. The third-order valence-electron chi connectivity index (χ3n) is 7.13. The van der Waals surface area contributed by atoms with Crippen LogP contribution in [-0.2, 0) is 22.4 Å². The van der Waals surface area contributed by atoms with Gasteiger partial charge in [0.05, 0.1) is 29.0 Å². The lowest BCUT2D eigenvalue weighted by molar-refractivity contribution is -0.113. The minimum atomic E-state index is -0.570. The summed E-state index contributed by atoms with van der Waals surface area (Å²) in [4.78, 5) is 31.7. The normalized spacial score (nSPS) is 17.5. The Balaban J connectivity index is 0.000000320. The number of rotatable bonds is 5. The highest BCUT2D eigenvalue weighted by atomic mass is 35.5. The number of ether oxygens (including phenoxy) is 1. The van der Waals surface area contributed by atoms with Crippen LogP contribution in [0.5, 0.6) is 5.75 Å². The van der Waals surface area contributed by atoms with Crippen LogP contribution in [0, 0.1) is 6.92 Å². The maximum absolute atomic E-state index is 12.7. The van der Waals surface area contributed by atoms with Crippen LogP contribution >= 0.6 is 11.6 Å². The van der Waals surface area contributed by atoms with E-state index in [0.29, 0.717) is 17.0 Å². The molecule has 0 saturated carbocycles. The van der Waals surface area contributed by atoms with E-state index in [4.69, 9.17) is 27.1 Å². The van der Waals surface area contributed by atoms with Gasteiger partial charge in [-0.15, -0.1) is 0 Å². The molecule has 2 aliphatic rings. The summed E-state index contributed by atoms with van der Waals surface area (Å²) in [7, 11) is 1.62. The van der Waals surface area contributed by atoms with Gasteiger partial charge in [-0.25, -0.2) is 4.79 Å². The molecule has 2 heterocycles. The number of pyridine rings is 1. The fourth-order valence-corrected chi connectivity index (χ4v) is 5.49. The lowest BCUT2D eigenvalue weighted by Crippen LogP contribution is -2.30. The summed E-state index contributed by atoms with van der Waals surface area (Å²) in [5, 5.41) is 4.09. The number of aromatic nitrogens is 1. The summed E-state index contributed by atoms with van der Waals surface area (Å²) in [6, 6.07) is 7.31. The molecule has 0 amide bonds. The van der Waals surface area contributed by atoms with Gasteiger partial charge in [-0.05, 0) is 74.9 Å². The second-order valence-corrected chi connectivity index (χ2v) is 10.8. The van der Waals surface area contributed by atoms with Crippen molar-refractivity contribution in [2.75, 3.05) is 33.3 Å². The molecule has 2 aromatic rings. The zero-order valence-electron chi connectivity index (χ0n) is 24.0. The van der Waals surface area contributed by atoms with E-state index in [1.54, 1.807) is 7.11 Å². The highest BCUT2D eigenvalue weighted by Gasteiger charge is 2.34. The number of nitrogens with two attached hydrogens (primary N) is 1. The molecule has 3 N–H and O–H groups in total. The highest BCUT2D eigenvalue weighted by molar-refractivity contribution is 6.32. The molecule has 8 heteroatoms. The molecule has 39 heavy (non-hydrogen) atoms. The number of methoxy groups -OCH3 is 1. The predicted molar refractivity (Wildman–Crippen MR) is 158 cm³/mol. The second-order valence-electron chi connectivity index (χ2n) is 10.3. The van der Waals surface area contributed by atoms with Crippen molar-refractivity contribution in [1.29, 1.82) is 0 Å². The first-order valence-corrected chi connectivity index (χ1v) is 14.1. The Kier molecular flexibility index (Phi) is 10.9. The van der Waals surface area contributed by atoms with Crippen LogP contribution in [0.2, 0.25) is 5.02 Å². The Morgan fingerprint density at radius 3 is 2.62 bits per heavy atom. The molecule has 1 unspecified atom stereocenters. The smallest absolute Gasteiger partial charge is 0.162 e. The van der Waals surface area contributed by atoms with Gasteiger partial charge < -0.3 is 20.7 Å². The van der Waals surface area contributed by atoms with E-state index >= 15 is 0 Å². The Bertz CT molecular complexity index is 1270. The summed E-state index contributed by atoms with van der Waals surface area (Å²) in [6.45, 7) is 13.2. The molecule has 0 radical (unpaired) electrons. The van der Waals surface area contributed by atoms with Crippen molar-refractivity contribution < 1.29 is 14.3 Å². The minimum absolute atomic E-state index is 0.144. The maximum Gasteiger partial charge on any atom is 0.162 e. The van der Waals surface area contributed by atoms with E-state index in [0.717, 1.165) is 73.0 Å². The molecular formula is C31H41ClN4O3. The summed E-state index contributed by atoms with van der Waals surface area (Å²) in [5.74, 6) is 2.82. The predicted octanol–water partition coefficient (Wildman–Crippen LogP) is 4.66. The van der Waals surface area contributed by atoms with Gasteiger partial charge in [-0.1, -0.05) is 38.4 Å².